The maximum Gasteiger partial charge on any atom is 0.0713 e. The summed E-state index contributed by atoms with van der Waals surface area (Å²) in [5.41, 5.74) is 21.4. The quantitative estimate of drug-likeness (QED) is 0.144. The molecule has 0 nitrogen and oxygen atoms in total. The zero-order valence-corrected chi connectivity index (χ0v) is 34.9. The summed E-state index contributed by atoms with van der Waals surface area (Å²) in [7, 11) is 0. The summed E-state index contributed by atoms with van der Waals surface area (Å²) in [6, 6.07) is 83.0. The van der Waals surface area contributed by atoms with Gasteiger partial charge < -0.3 is 0 Å². The Labute approximate surface area is 365 Å². The molecule has 62 heavy (non-hydrogen) atoms. The summed E-state index contributed by atoms with van der Waals surface area (Å²) in [6.45, 7) is 2.28. The Morgan fingerprint density at radius 3 is 1.50 bits per heavy atom. The lowest BCUT2D eigenvalue weighted by molar-refractivity contribution is 0.769. The van der Waals surface area contributed by atoms with E-state index in [1.54, 1.807) is 0 Å². The highest BCUT2D eigenvalue weighted by Gasteiger charge is 2.46. The topological polar surface area (TPSA) is 0 Å². The van der Waals surface area contributed by atoms with Crippen molar-refractivity contribution in [3.05, 3.63) is 281 Å². The molecule has 11 rings (SSSR count). The summed E-state index contributed by atoms with van der Waals surface area (Å²) in [6.07, 6.45) is 6.70. The third-order valence-corrected chi connectivity index (χ3v) is 13.3. The molecule has 0 amide bonds. The van der Waals surface area contributed by atoms with Crippen LogP contribution < -0.4 is 0 Å². The molecule has 9 aromatic rings. The van der Waals surface area contributed by atoms with Gasteiger partial charge in [0.2, 0.25) is 0 Å². The smallest absolute Gasteiger partial charge is 0.0713 e. The number of fused-ring (bicyclic) bond motifs is 4. The monoisotopic (exact) mass is 790 g/mol. The van der Waals surface area contributed by atoms with Crippen molar-refractivity contribution in [1.29, 1.82) is 0 Å². The summed E-state index contributed by atoms with van der Waals surface area (Å²) in [5, 5.41) is 2.51. The second-order valence-electron chi connectivity index (χ2n) is 16.5. The van der Waals surface area contributed by atoms with Crippen molar-refractivity contribution in [3.8, 4) is 33.4 Å². The molecule has 0 N–H and O–H groups in total. The highest BCUT2D eigenvalue weighted by atomic mass is 14.5. The average Bonchev–Trinajstić information content (AvgIpc) is 3.50. The Morgan fingerprint density at radius 2 is 0.871 bits per heavy atom. The Morgan fingerprint density at radius 1 is 0.387 bits per heavy atom. The second-order valence-corrected chi connectivity index (χ2v) is 16.5. The van der Waals surface area contributed by atoms with Gasteiger partial charge in [-0.1, -0.05) is 231 Å². The second kappa shape index (κ2) is 15.8. The predicted molar refractivity (Wildman–Crippen MR) is 263 cm³/mol. The van der Waals surface area contributed by atoms with Gasteiger partial charge in [-0.3, -0.25) is 0 Å². The minimum Gasteiger partial charge on any atom is -0.0719 e. The van der Waals surface area contributed by atoms with Gasteiger partial charge in [-0.15, -0.1) is 0 Å². The molecule has 0 unspecified atom stereocenters. The SMILES string of the molecule is CCC1=C(c2ccccc2)C=C(c2ccc(-c3ccc(-c4ccc5c(c4)C(c4ccccc4)(c4ccccc4)c4ccccc4-5)c4ccccc34)cc2)CC=C1c1ccccc1. The summed E-state index contributed by atoms with van der Waals surface area (Å²) >= 11 is 0. The minimum absolute atomic E-state index is 0.441. The van der Waals surface area contributed by atoms with Crippen LogP contribution in [-0.2, 0) is 5.41 Å². The van der Waals surface area contributed by atoms with Crippen molar-refractivity contribution < 1.29 is 0 Å². The molecular weight excluding hydrogens is 745 g/mol. The molecule has 0 saturated heterocycles. The number of allylic oxidation sites excluding steroid dienone is 6. The highest BCUT2D eigenvalue weighted by molar-refractivity contribution is 6.06. The summed E-state index contributed by atoms with van der Waals surface area (Å²) in [4.78, 5) is 0. The van der Waals surface area contributed by atoms with Crippen LogP contribution in [0.1, 0.15) is 58.7 Å². The first kappa shape index (κ1) is 37.5. The minimum atomic E-state index is -0.441. The molecular formula is C62H46. The number of benzene rings is 9. The molecule has 2 aliphatic carbocycles. The van der Waals surface area contributed by atoms with Gasteiger partial charge in [-0.2, -0.15) is 0 Å². The Kier molecular flexibility index (Phi) is 9.55. The maximum atomic E-state index is 2.48. The van der Waals surface area contributed by atoms with Crippen LogP contribution in [-0.4, -0.2) is 0 Å². The average molecular weight is 791 g/mol. The van der Waals surface area contributed by atoms with E-state index in [4.69, 9.17) is 0 Å². The fourth-order valence-corrected chi connectivity index (χ4v) is 10.4. The van der Waals surface area contributed by atoms with Crippen LogP contribution in [0.3, 0.4) is 0 Å². The fourth-order valence-electron chi connectivity index (χ4n) is 10.4. The first-order valence-electron chi connectivity index (χ1n) is 22.0. The largest absolute Gasteiger partial charge is 0.0719 e. The zero-order valence-electron chi connectivity index (χ0n) is 34.9. The summed E-state index contributed by atoms with van der Waals surface area (Å²) in [5.74, 6) is 0. The third-order valence-electron chi connectivity index (χ3n) is 13.3. The van der Waals surface area contributed by atoms with E-state index in [1.165, 1.54) is 105 Å². The van der Waals surface area contributed by atoms with Crippen molar-refractivity contribution >= 4 is 27.5 Å². The van der Waals surface area contributed by atoms with Gasteiger partial charge in [-0.25, -0.2) is 0 Å². The van der Waals surface area contributed by atoms with Crippen LogP contribution in [0.5, 0.6) is 0 Å². The highest BCUT2D eigenvalue weighted by Crippen LogP contribution is 2.57. The molecule has 0 aromatic heterocycles. The van der Waals surface area contributed by atoms with Crippen molar-refractivity contribution in [2.75, 3.05) is 0 Å². The van der Waals surface area contributed by atoms with Gasteiger partial charge in [-0.05, 0) is 130 Å². The molecule has 0 heterocycles. The molecule has 2 aliphatic rings. The van der Waals surface area contributed by atoms with Crippen molar-refractivity contribution in [2.24, 2.45) is 0 Å². The van der Waals surface area contributed by atoms with Crippen molar-refractivity contribution in [1.82, 2.24) is 0 Å². The lowest BCUT2D eigenvalue weighted by atomic mass is 9.67. The molecule has 0 aliphatic heterocycles. The van der Waals surface area contributed by atoms with Gasteiger partial charge in [0.25, 0.3) is 0 Å². The van der Waals surface area contributed by atoms with Crippen LogP contribution in [0.2, 0.25) is 0 Å². The number of hydrogen-bond donors (Lipinski definition) is 0. The predicted octanol–water partition coefficient (Wildman–Crippen LogP) is 16.3. The van der Waals surface area contributed by atoms with Crippen LogP contribution in [0, 0.1) is 0 Å². The van der Waals surface area contributed by atoms with Crippen LogP contribution in [0.4, 0.5) is 0 Å². The Hall–Kier alpha value is -7.54. The van der Waals surface area contributed by atoms with Gasteiger partial charge >= 0.3 is 0 Å². The van der Waals surface area contributed by atoms with Crippen LogP contribution in [0.15, 0.2) is 242 Å². The molecule has 0 fully saturated rings. The van der Waals surface area contributed by atoms with E-state index in [1.807, 2.05) is 0 Å². The molecule has 0 radical (unpaired) electrons. The molecule has 0 spiro atoms. The number of hydrogen-bond acceptors (Lipinski definition) is 0. The normalized spacial score (nSPS) is 14.1. The first-order chi connectivity index (χ1) is 30.7. The Bertz CT molecular complexity index is 3140. The fraction of sp³-hybridized carbons (Fsp3) is 0.0645. The van der Waals surface area contributed by atoms with E-state index in [0.29, 0.717) is 0 Å². The van der Waals surface area contributed by atoms with Gasteiger partial charge in [0.05, 0.1) is 5.41 Å². The van der Waals surface area contributed by atoms with E-state index in [2.05, 4.69) is 244 Å². The molecule has 9 aromatic carbocycles. The molecule has 294 valence electrons. The van der Waals surface area contributed by atoms with E-state index in [-0.39, 0.29) is 0 Å². The van der Waals surface area contributed by atoms with Gasteiger partial charge in [0.1, 0.15) is 0 Å². The van der Waals surface area contributed by atoms with Crippen LogP contribution in [0.25, 0.3) is 60.9 Å². The molecule has 0 atom stereocenters. The molecule has 0 heteroatoms. The molecule has 0 saturated carbocycles. The Balaban J connectivity index is 1.00. The van der Waals surface area contributed by atoms with Crippen LogP contribution >= 0.6 is 0 Å². The van der Waals surface area contributed by atoms with E-state index in [9.17, 15) is 0 Å². The first-order valence-corrected chi connectivity index (χ1v) is 22.0. The maximum absolute atomic E-state index is 2.48. The summed E-state index contributed by atoms with van der Waals surface area (Å²) < 4.78 is 0. The molecule has 0 bridgehead atoms. The van der Waals surface area contributed by atoms with E-state index >= 15 is 0 Å². The zero-order chi connectivity index (χ0) is 41.5. The lowest BCUT2D eigenvalue weighted by Crippen LogP contribution is -2.28. The van der Waals surface area contributed by atoms with Crippen molar-refractivity contribution in [2.45, 2.75) is 25.2 Å². The van der Waals surface area contributed by atoms with Crippen molar-refractivity contribution in [3.63, 3.8) is 0 Å². The standard InChI is InChI=1S/C62H46/c1-2-51-52(44-19-7-3-8-20-44)37-35-47(41-59(51)45-21-9-4-10-22-45)43-31-33-46(34-32-43)53-39-40-54(56-28-16-15-27-55(53)56)48-36-38-58-57-29-17-18-30-60(57)62(61(58)42-48,49-23-11-5-12-24-49)50-25-13-6-14-26-50/h3-34,36-42H,2,35H2,1H3. The van der Waals surface area contributed by atoms with E-state index in [0.717, 1.165) is 12.8 Å². The lowest BCUT2D eigenvalue weighted by Gasteiger charge is -2.34. The number of rotatable bonds is 8. The van der Waals surface area contributed by atoms with Gasteiger partial charge in [0, 0.05) is 0 Å². The van der Waals surface area contributed by atoms with Gasteiger partial charge in [0.15, 0.2) is 0 Å². The van der Waals surface area contributed by atoms with E-state index < -0.39 is 5.41 Å². The third kappa shape index (κ3) is 6.22.